The zero-order valence-electron chi connectivity index (χ0n) is 11.0. The van der Waals surface area contributed by atoms with Gasteiger partial charge in [0.15, 0.2) is 0 Å². The minimum atomic E-state index is -0.264. The van der Waals surface area contributed by atoms with Gasteiger partial charge in [-0.25, -0.2) is 0 Å². The first-order chi connectivity index (χ1) is 9.70. The van der Waals surface area contributed by atoms with E-state index in [9.17, 15) is 9.59 Å². The summed E-state index contributed by atoms with van der Waals surface area (Å²) in [6.07, 6.45) is 2.08. The SMILES string of the molecule is O=C(NCC(=O)N1CCCC1)c1ccc(C#CCO)s1. The third-order valence-electron chi connectivity index (χ3n) is 2.98. The number of aliphatic hydroxyl groups is 1. The Morgan fingerprint density at radius 2 is 2.10 bits per heavy atom. The quantitative estimate of drug-likeness (QED) is 0.795. The number of amides is 2. The van der Waals surface area contributed by atoms with Crippen LogP contribution < -0.4 is 5.32 Å². The molecule has 1 aromatic heterocycles. The molecule has 1 aromatic rings. The van der Waals surface area contributed by atoms with E-state index in [1.807, 2.05) is 0 Å². The van der Waals surface area contributed by atoms with E-state index in [-0.39, 0.29) is 25.0 Å². The summed E-state index contributed by atoms with van der Waals surface area (Å²) in [4.78, 5) is 26.7. The predicted molar refractivity (Wildman–Crippen MR) is 76.4 cm³/mol. The van der Waals surface area contributed by atoms with Gasteiger partial charge in [-0.05, 0) is 25.0 Å². The lowest BCUT2D eigenvalue weighted by Gasteiger charge is -2.15. The van der Waals surface area contributed by atoms with Crippen molar-refractivity contribution in [1.82, 2.24) is 10.2 Å². The molecule has 1 aliphatic rings. The van der Waals surface area contributed by atoms with Crippen LogP contribution in [0.3, 0.4) is 0 Å². The molecule has 2 amide bonds. The van der Waals surface area contributed by atoms with Crippen molar-refractivity contribution in [2.75, 3.05) is 26.2 Å². The molecule has 6 heteroatoms. The number of thiophene rings is 1. The highest BCUT2D eigenvalue weighted by molar-refractivity contribution is 7.14. The molecule has 1 saturated heterocycles. The fraction of sp³-hybridized carbons (Fsp3) is 0.429. The van der Waals surface area contributed by atoms with E-state index in [2.05, 4.69) is 17.2 Å². The molecule has 2 rings (SSSR count). The zero-order chi connectivity index (χ0) is 14.4. The van der Waals surface area contributed by atoms with Crippen LogP contribution in [0.2, 0.25) is 0 Å². The maximum Gasteiger partial charge on any atom is 0.261 e. The third-order valence-corrected chi connectivity index (χ3v) is 3.98. The van der Waals surface area contributed by atoms with Gasteiger partial charge in [0, 0.05) is 13.1 Å². The van der Waals surface area contributed by atoms with Crippen LogP contribution in [0.15, 0.2) is 12.1 Å². The van der Waals surface area contributed by atoms with Gasteiger partial charge in [0.2, 0.25) is 5.91 Å². The molecule has 0 atom stereocenters. The van der Waals surface area contributed by atoms with Crippen molar-refractivity contribution < 1.29 is 14.7 Å². The largest absolute Gasteiger partial charge is 0.384 e. The number of likely N-dealkylation sites (tertiary alicyclic amines) is 1. The Balaban J connectivity index is 1.85. The smallest absolute Gasteiger partial charge is 0.261 e. The van der Waals surface area contributed by atoms with Crippen LogP contribution in [-0.2, 0) is 4.79 Å². The fourth-order valence-corrected chi connectivity index (χ4v) is 2.77. The normalized spacial score (nSPS) is 13.8. The minimum Gasteiger partial charge on any atom is -0.384 e. The fourth-order valence-electron chi connectivity index (χ4n) is 1.98. The van der Waals surface area contributed by atoms with Crippen molar-refractivity contribution >= 4 is 23.2 Å². The third kappa shape index (κ3) is 3.83. The van der Waals surface area contributed by atoms with Crippen LogP contribution in [0.1, 0.15) is 27.4 Å². The number of hydrogen-bond acceptors (Lipinski definition) is 4. The molecule has 5 nitrogen and oxygen atoms in total. The van der Waals surface area contributed by atoms with Crippen molar-refractivity contribution in [2.45, 2.75) is 12.8 Å². The van der Waals surface area contributed by atoms with Crippen molar-refractivity contribution in [3.8, 4) is 11.8 Å². The van der Waals surface area contributed by atoms with Crippen molar-refractivity contribution in [3.63, 3.8) is 0 Å². The average molecular weight is 292 g/mol. The highest BCUT2D eigenvalue weighted by Gasteiger charge is 2.18. The molecule has 2 N–H and O–H groups in total. The van der Waals surface area contributed by atoms with E-state index in [1.165, 1.54) is 11.3 Å². The molecule has 0 bridgehead atoms. The van der Waals surface area contributed by atoms with Crippen LogP contribution in [-0.4, -0.2) is 48.1 Å². The lowest BCUT2D eigenvalue weighted by Crippen LogP contribution is -2.38. The first-order valence-electron chi connectivity index (χ1n) is 6.46. The Kier molecular flexibility index (Phi) is 5.16. The standard InChI is InChI=1S/C14H16N2O3S/c17-9-3-4-11-5-6-12(20-11)14(19)15-10-13(18)16-7-1-2-8-16/h5-6,17H,1-2,7-10H2,(H,15,19). The maximum atomic E-state index is 11.9. The second-order valence-electron chi connectivity index (χ2n) is 4.39. The number of nitrogens with one attached hydrogen (secondary N) is 1. The summed E-state index contributed by atoms with van der Waals surface area (Å²) in [5.41, 5.74) is 0. The molecule has 0 aromatic carbocycles. The minimum absolute atomic E-state index is 0.0345. The predicted octanol–water partition coefficient (Wildman–Crippen LogP) is 0.444. The Morgan fingerprint density at radius 1 is 1.35 bits per heavy atom. The molecular weight excluding hydrogens is 276 g/mol. The Hall–Kier alpha value is -1.84. The van der Waals surface area contributed by atoms with Crippen LogP contribution in [0.4, 0.5) is 0 Å². The summed E-state index contributed by atoms with van der Waals surface area (Å²) in [6, 6.07) is 3.40. The van der Waals surface area contributed by atoms with Crippen LogP contribution >= 0.6 is 11.3 Å². The molecule has 0 spiro atoms. The number of hydrogen-bond donors (Lipinski definition) is 2. The van der Waals surface area contributed by atoms with Gasteiger partial charge in [-0.3, -0.25) is 9.59 Å². The molecule has 1 fully saturated rings. The number of carbonyl (C=O) groups excluding carboxylic acids is 2. The molecule has 0 unspecified atom stereocenters. The van der Waals surface area contributed by atoms with Gasteiger partial charge in [0.25, 0.3) is 5.91 Å². The summed E-state index contributed by atoms with van der Waals surface area (Å²) >= 11 is 1.24. The van der Waals surface area contributed by atoms with Crippen molar-refractivity contribution in [3.05, 3.63) is 21.9 Å². The second-order valence-corrected chi connectivity index (χ2v) is 5.48. The molecule has 1 aliphatic heterocycles. The van der Waals surface area contributed by atoms with E-state index < -0.39 is 0 Å². The van der Waals surface area contributed by atoms with Gasteiger partial charge in [-0.2, -0.15) is 0 Å². The topological polar surface area (TPSA) is 69.6 Å². The van der Waals surface area contributed by atoms with E-state index in [4.69, 9.17) is 5.11 Å². The Morgan fingerprint density at radius 3 is 2.80 bits per heavy atom. The monoisotopic (exact) mass is 292 g/mol. The molecule has 0 saturated carbocycles. The highest BCUT2D eigenvalue weighted by atomic mass is 32.1. The zero-order valence-corrected chi connectivity index (χ0v) is 11.8. The molecular formula is C14H16N2O3S. The summed E-state index contributed by atoms with van der Waals surface area (Å²) in [6.45, 7) is 1.40. The van der Waals surface area contributed by atoms with Gasteiger partial charge in [-0.15, -0.1) is 11.3 Å². The van der Waals surface area contributed by atoms with Crippen LogP contribution in [0.5, 0.6) is 0 Å². The van der Waals surface area contributed by atoms with Crippen LogP contribution in [0.25, 0.3) is 0 Å². The molecule has 0 aliphatic carbocycles. The lowest BCUT2D eigenvalue weighted by atomic mass is 10.4. The first kappa shape index (κ1) is 14.6. The first-order valence-corrected chi connectivity index (χ1v) is 7.28. The maximum absolute atomic E-state index is 11.9. The Bertz CT molecular complexity index is 550. The van der Waals surface area contributed by atoms with Gasteiger partial charge in [0.05, 0.1) is 16.3 Å². The lowest BCUT2D eigenvalue weighted by molar-refractivity contribution is -0.129. The number of rotatable bonds is 3. The second kappa shape index (κ2) is 7.08. The van der Waals surface area contributed by atoms with Gasteiger partial charge >= 0.3 is 0 Å². The van der Waals surface area contributed by atoms with Gasteiger partial charge < -0.3 is 15.3 Å². The highest BCUT2D eigenvalue weighted by Crippen LogP contribution is 2.15. The average Bonchev–Trinajstić information content (AvgIpc) is 3.12. The summed E-state index contributed by atoms with van der Waals surface area (Å²) in [5, 5.41) is 11.2. The van der Waals surface area contributed by atoms with E-state index in [0.29, 0.717) is 4.88 Å². The summed E-state index contributed by atoms with van der Waals surface area (Å²) in [5.74, 6) is 4.97. The van der Waals surface area contributed by atoms with Gasteiger partial charge in [-0.1, -0.05) is 11.8 Å². The summed E-state index contributed by atoms with van der Waals surface area (Å²) < 4.78 is 0. The van der Waals surface area contributed by atoms with Crippen LogP contribution in [0, 0.1) is 11.8 Å². The van der Waals surface area contributed by atoms with Crippen molar-refractivity contribution in [1.29, 1.82) is 0 Å². The van der Waals surface area contributed by atoms with E-state index >= 15 is 0 Å². The summed E-state index contributed by atoms with van der Waals surface area (Å²) in [7, 11) is 0. The molecule has 2 heterocycles. The van der Waals surface area contributed by atoms with Crippen molar-refractivity contribution in [2.24, 2.45) is 0 Å². The number of aliphatic hydroxyl groups excluding tert-OH is 1. The number of nitrogens with zero attached hydrogens (tertiary/aromatic N) is 1. The number of carbonyl (C=O) groups is 2. The Labute approximate surface area is 121 Å². The molecule has 0 radical (unpaired) electrons. The molecule has 20 heavy (non-hydrogen) atoms. The van der Waals surface area contributed by atoms with E-state index in [0.717, 1.165) is 30.8 Å². The van der Waals surface area contributed by atoms with Gasteiger partial charge in [0.1, 0.15) is 6.61 Å². The molecule has 106 valence electrons. The van der Waals surface area contributed by atoms with E-state index in [1.54, 1.807) is 17.0 Å².